The standard InChI is InChI=1S/C22H30N6O/c1-17-21(25-10-9-24-17)27-12-6-20(7-13-27)28-11-3-5-19(16-28)22(29)26-15-18-4-2-8-23-14-18/h2,4,8-10,14,19-20H,3,5-7,11-13,15-16H2,1H3,(H,26,29). The van der Waals surface area contributed by atoms with E-state index in [1.54, 1.807) is 24.8 Å². The molecule has 1 amide bonds. The molecule has 0 saturated carbocycles. The van der Waals surface area contributed by atoms with Gasteiger partial charge in [0.1, 0.15) is 5.82 Å². The van der Waals surface area contributed by atoms with E-state index in [1.807, 2.05) is 19.1 Å². The zero-order chi connectivity index (χ0) is 20.1. The van der Waals surface area contributed by atoms with Crippen molar-refractivity contribution < 1.29 is 4.79 Å². The van der Waals surface area contributed by atoms with Gasteiger partial charge in [0.25, 0.3) is 0 Å². The van der Waals surface area contributed by atoms with E-state index in [2.05, 4.69) is 30.1 Å². The SMILES string of the molecule is Cc1nccnc1N1CCC(N2CCCC(C(=O)NCc3cccnc3)C2)CC1. The Labute approximate surface area is 172 Å². The topological polar surface area (TPSA) is 74.2 Å². The first-order valence-corrected chi connectivity index (χ1v) is 10.6. The van der Waals surface area contributed by atoms with Crippen LogP contribution in [0.3, 0.4) is 0 Å². The smallest absolute Gasteiger partial charge is 0.224 e. The van der Waals surface area contributed by atoms with E-state index < -0.39 is 0 Å². The van der Waals surface area contributed by atoms with Gasteiger partial charge in [-0.3, -0.25) is 19.7 Å². The monoisotopic (exact) mass is 394 g/mol. The van der Waals surface area contributed by atoms with Crippen LogP contribution < -0.4 is 10.2 Å². The normalized spacial score (nSPS) is 21.1. The molecule has 2 aliphatic rings. The second-order valence-corrected chi connectivity index (χ2v) is 8.10. The van der Waals surface area contributed by atoms with E-state index in [0.717, 1.165) is 68.9 Å². The maximum absolute atomic E-state index is 12.7. The van der Waals surface area contributed by atoms with E-state index in [1.165, 1.54) is 0 Å². The van der Waals surface area contributed by atoms with Crippen LogP contribution in [-0.2, 0) is 11.3 Å². The van der Waals surface area contributed by atoms with Crippen LogP contribution in [-0.4, -0.2) is 58.0 Å². The van der Waals surface area contributed by atoms with Gasteiger partial charge in [-0.2, -0.15) is 0 Å². The summed E-state index contributed by atoms with van der Waals surface area (Å²) >= 11 is 0. The summed E-state index contributed by atoms with van der Waals surface area (Å²) in [6.45, 7) is 6.54. The van der Waals surface area contributed by atoms with E-state index in [4.69, 9.17) is 0 Å². The number of amides is 1. The van der Waals surface area contributed by atoms with Gasteiger partial charge >= 0.3 is 0 Å². The fourth-order valence-corrected chi connectivity index (χ4v) is 4.54. The molecule has 2 aromatic heterocycles. The van der Waals surface area contributed by atoms with Gasteiger partial charge in [-0.05, 0) is 50.8 Å². The lowest BCUT2D eigenvalue weighted by Gasteiger charge is -2.42. The molecule has 2 saturated heterocycles. The van der Waals surface area contributed by atoms with Gasteiger partial charge in [0, 0.05) is 57.0 Å². The van der Waals surface area contributed by atoms with Gasteiger partial charge in [-0.15, -0.1) is 0 Å². The lowest BCUT2D eigenvalue weighted by atomic mass is 9.93. The second kappa shape index (κ2) is 9.31. The Hall–Kier alpha value is -2.54. The molecule has 0 spiro atoms. The van der Waals surface area contributed by atoms with Gasteiger partial charge in [0.05, 0.1) is 11.6 Å². The number of rotatable bonds is 5. The number of aromatic nitrogens is 3. The molecule has 1 atom stereocenters. The van der Waals surface area contributed by atoms with E-state index >= 15 is 0 Å². The van der Waals surface area contributed by atoms with Crippen LogP contribution >= 0.6 is 0 Å². The number of likely N-dealkylation sites (tertiary alicyclic amines) is 1. The Morgan fingerprint density at radius 2 is 1.97 bits per heavy atom. The number of pyridine rings is 1. The highest BCUT2D eigenvalue weighted by molar-refractivity contribution is 5.78. The average Bonchev–Trinajstić information content (AvgIpc) is 2.79. The Bertz CT molecular complexity index is 806. The highest BCUT2D eigenvalue weighted by Gasteiger charge is 2.32. The zero-order valence-electron chi connectivity index (χ0n) is 17.1. The van der Waals surface area contributed by atoms with Crippen molar-refractivity contribution in [3.8, 4) is 0 Å². The number of anilines is 1. The number of aryl methyl sites for hydroxylation is 1. The second-order valence-electron chi connectivity index (χ2n) is 8.10. The minimum atomic E-state index is 0.0840. The number of carbonyl (C=O) groups excluding carboxylic acids is 1. The highest BCUT2D eigenvalue weighted by Crippen LogP contribution is 2.26. The van der Waals surface area contributed by atoms with Crippen LogP contribution in [0.15, 0.2) is 36.9 Å². The first-order valence-electron chi connectivity index (χ1n) is 10.6. The van der Waals surface area contributed by atoms with E-state index in [0.29, 0.717) is 12.6 Å². The van der Waals surface area contributed by atoms with Gasteiger partial charge in [0.2, 0.25) is 5.91 Å². The third kappa shape index (κ3) is 4.90. The predicted octanol–water partition coefficient (Wildman–Crippen LogP) is 2.18. The van der Waals surface area contributed by atoms with Crippen LogP contribution in [0.4, 0.5) is 5.82 Å². The molecule has 2 fully saturated rings. The van der Waals surface area contributed by atoms with Gasteiger partial charge in [0.15, 0.2) is 0 Å². The van der Waals surface area contributed by atoms with Crippen molar-refractivity contribution in [2.45, 2.75) is 45.2 Å². The summed E-state index contributed by atoms with van der Waals surface area (Å²) in [7, 11) is 0. The summed E-state index contributed by atoms with van der Waals surface area (Å²) in [5.74, 6) is 1.27. The molecule has 7 nitrogen and oxygen atoms in total. The predicted molar refractivity (Wildman–Crippen MR) is 112 cm³/mol. The average molecular weight is 395 g/mol. The molecule has 2 aliphatic heterocycles. The highest BCUT2D eigenvalue weighted by atomic mass is 16.1. The minimum absolute atomic E-state index is 0.0840. The molecule has 4 heterocycles. The largest absolute Gasteiger partial charge is 0.355 e. The third-order valence-corrected chi connectivity index (χ3v) is 6.15. The van der Waals surface area contributed by atoms with Crippen LogP contribution in [0.2, 0.25) is 0 Å². The summed E-state index contributed by atoms with van der Waals surface area (Å²) < 4.78 is 0. The Morgan fingerprint density at radius 3 is 2.72 bits per heavy atom. The van der Waals surface area contributed by atoms with Gasteiger partial charge in [-0.25, -0.2) is 4.98 Å². The molecular formula is C22H30N6O. The number of hydrogen-bond donors (Lipinski definition) is 1. The molecular weight excluding hydrogens is 364 g/mol. The van der Waals surface area contributed by atoms with Crippen molar-refractivity contribution >= 4 is 11.7 Å². The summed E-state index contributed by atoms with van der Waals surface area (Å²) in [5, 5.41) is 3.10. The van der Waals surface area contributed by atoms with Crippen LogP contribution in [0, 0.1) is 12.8 Å². The van der Waals surface area contributed by atoms with Crippen molar-refractivity contribution in [1.82, 2.24) is 25.2 Å². The fraction of sp³-hybridized carbons (Fsp3) is 0.545. The summed E-state index contributed by atoms with van der Waals surface area (Å²) in [6.07, 6.45) is 11.4. The number of nitrogens with zero attached hydrogens (tertiary/aromatic N) is 5. The Kier molecular flexibility index (Phi) is 6.34. The molecule has 154 valence electrons. The minimum Gasteiger partial charge on any atom is -0.355 e. The summed E-state index contributed by atoms with van der Waals surface area (Å²) in [5.41, 5.74) is 2.04. The lowest BCUT2D eigenvalue weighted by molar-refractivity contribution is -0.127. The van der Waals surface area contributed by atoms with E-state index in [-0.39, 0.29) is 11.8 Å². The molecule has 2 aromatic rings. The van der Waals surface area contributed by atoms with Crippen LogP contribution in [0.5, 0.6) is 0 Å². The van der Waals surface area contributed by atoms with Crippen LogP contribution in [0.1, 0.15) is 36.9 Å². The van der Waals surface area contributed by atoms with Crippen molar-refractivity contribution in [2.24, 2.45) is 5.92 Å². The van der Waals surface area contributed by atoms with Gasteiger partial charge < -0.3 is 10.2 Å². The van der Waals surface area contributed by atoms with E-state index in [9.17, 15) is 4.79 Å². The van der Waals surface area contributed by atoms with Gasteiger partial charge in [-0.1, -0.05) is 6.07 Å². The molecule has 7 heteroatoms. The molecule has 1 N–H and O–H groups in total. The fourth-order valence-electron chi connectivity index (χ4n) is 4.54. The van der Waals surface area contributed by atoms with Crippen molar-refractivity contribution in [3.63, 3.8) is 0 Å². The summed E-state index contributed by atoms with van der Waals surface area (Å²) in [4.78, 5) is 30.6. The zero-order valence-corrected chi connectivity index (χ0v) is 17.1. The Balaban J connectivity index is 1.28. The molecule has 0 aliphatic carbocycles. The number of carbonyl (C=O) groups is 1. The number of piperidine rings is 2. The molecule has 0 radical (unpaired) electrons. The first kappa shape index (κ1) is 19.8. The lowest BCUT2D eigenvalue weighted by Crippen LogP contribution is -2.51. The van der Waals surface area contributed by atoms with Crippen molar-refractivity contribution in [3.05, 3.63) is 48.2 Å². The maximum Gasteiger partial charge on any atom is 0.224 e. The Morgan fingerprint density at radius 1 is 1.14 bits per heavy atom. The first-order chi connectivity index (χ1) is 14.2. The number of hydrogen-bond acceptors (Lipinski definition) is 6. The number of nitrogens with one attached hydrogen (secondary N) is 1. The third-order valence-electron chi connectivity index (χ3n) is 6.15. The molecule has 0 bridgehead atoms. The molecule has 1 unspecified atom stereocenters. The summed E-state index contributed by atoms with van der Waals surface area (Å²) in [6, 6.07) is 4.45. The quantitative estimate of drug-likeness (QED) is 0.838. The molecule has 0 aromatic carbocycles. The molecule has 29 heavy (non-hydrogen) atoms. The maximum atomic E-state index is 12.7. The van der Waals surface area contributed by atoms with Crippen molar-refractivity contribution in [1.29, 1.82) is 0 Å². The molecule has 4 rings (SSSR count). The van der Waals surface area contributed by atoms with Crippen LogP contribution in [0.25, 0.3) is 0 Å². The van der Waals surface area contributed by atoms with Crippen molar-refractivity contribution in [2.75, 3.05) is 31.1 Å².